The van der Waals surface area contributed by atoms with E-state index in [-0.39, 0.29) is 10.1 Å². The Morgan fingerprint density at radius 1 is 0.837 bits per heavy atom. The van der Waals surface area contributed by atoms with Gasteiger partial charge in [0.1, 0.15) is 5.84 Å². The summed E-state index contributed by atoms with van der Waals surface area (Å²) in [6.45, 7) is 6.73. The summed E-state index contributed by atoms with van der Waals surface area (Å²) in [5.41, 5.74) is 3.66. The number of anilines is 2. The molecular weight excluding hydrogens is 585 g/mol. The molecule has 2 fully saturated rings. The molecule has 3 aromatic rings. The molecule has 6 rings (SSSR count). The molecule has 1 saturated carbocycles. The van der Waals surface area contributed by atoms with Gasteiger partial charge in [0.15, 0.2) is 0 Å². The van der Waals surface area contributed by atoms with Crippen LogP contribution in [-0.4, -0.2) is 74.8 Å². The minimum atomic E-state index is -3.73. The van der Waals surface area contributed by atoms with E-state index in [4.69, 9.17) is 4.99 Å². The molecule has 0 atom stereocenters. The van der Waals surface area contributed by atoms with Gasteiger partial charge in [-0.3, -0.25) is 9.71 Å². The zero-order chi connectivity index (χ0) is 30.5. The number of benzene rings is 2. The van der Waals surface area contributed by atoms with Crippen LogP contribution in [-0.2, 0) is 20.0 Å². The maximum atomic E-state index is 13.2. The van der Waals surface area contributed by atoms with Crippen molar-refractivity contribution in [3.63, 3.8) is 0 Å². The van der Waals surface area contributed by atoms with E-state index in [1.54, 1.807) is 46.9 Å². The molecule has 1 aromatic heterocycles. The minimum absolute atomic E-state index is 0.180. The molecule has 3 heterocycles. The highest BCUT2D eigenvalue weighted by Crippen LogP contribution is 2.34. The molecule has 10 nitrogen and oxygen atoms in total. The van der Waals surface area contributed by atoms with Crippen molar-refractivity contribution in [3.05, 3.63) is 67.0 Å². The first-order valence-electron chi connectivity index (χ1n) is 15.0. The second-order valence-electron chi connectivity index (χ2n) is 10.7. The van der Waals surface area contributed by atoms with Crippen LogP contribution in [0.3, 0.4) is 0 Å². The first-order valence-corrected chi connectivity index (χ1v) is 18.0. The summed E-state index contributed by atoms with van der Waals surface area (Å²) < 4.78 is 56.1. The van der Waals surface area contributed by atoms with Gasteiger partial charge in [0.05, 0.1) is 39.9 Å². The Morgan fingerprint density at radius 3 is 2.28 bits per heavy atom. The van der Waals surface area contributed by atoms with Crippen LogP contribution in [0.4, 0.5) is 17.1 Å². The zero-order valence-corrected chi connectivity index (χ0v) is 26.4. The van der Waals surface area contributed by atoms with Crippen LogP contribution in [0.15, 0.2) is 76.9 Å². The summed E-state index contributed by atoms with van der Waals surface area (Å²) in [6.07, 6.45) is 7.84. The van der Waals surface area contributed by atoms with Gasteiger partial charge in [-0.25, -0.2) is 21.8 Å². The van der Waals surface area contributed by atoms with Crippen LogP contribution in [0, 0.1) is 0 Å². The molecule has 2 aliphatic heterocycles. The summed E-state index contributed by atoms with van der Waals surface area (Å²) in [7, 11) is -6.99. The van der Waals surface area contributed by atoms with Crippen molar-refractivity contribution in [1.29, 1.82) is 0 Å². The predicted octanol–water partition coefficient (Wildman–Crippen LogP) is 5.31. The number of amidine groups is 1. The third-order valence-electron chi connectivity index (χ3n) is 8.00. The summed E-state index contributed by atoms with van der Waals surface area (Å²) in [6, 6.07) is 15.8. The van der Waals surface area contributed by atoms with E-state index >= 15 is 0 Å². The third kappa shape index (κ3) is 7.02. The number of aromatic nitrogens is 1. The van der Waals surface area contributed by atoms with E-state index in [2.05, 4.69) is 19.9 Å². The van der Waals surface area contributed by atoms with Crippen molar-refractivity contribution >= 4 is 42.9 Å². The fraction of sp³-hybridized carbons (Fsp3) is 0.419. The molecule has 0 radical (unpaired) electrons. The fourth-order valence-corrected chi connectivity index (χ4v) is 8.81. The standard InChI is InChI=1S/C29H34N6O4S2.C2H6/c36-40(37,25-7-3-1-4-8-25)33-24-17-23(19-30-20-24)22-11-12-27-28(18-22)32-29(21-31-27)34-13-15-35(16-14-34)41(38,39)26-9-5-2-6-10-26;1-2/h1,3-4,7-8,11-12,17-20,26,31,33H,2,5-6,9-10,13-16,21H2;1-2H3. The van der Waals surface area contributed by atoms with Crippen molar-refractivity contribution in [2.24, 2.45) is 4.99 Å². The lowest BCUT2D eigenvalue weighted by Crippen LogP contribution is -2.53. The lowest BCUT2D eigenvalue weighted by Gasteiger charge is -2.38. The number of aliphatic imine (C=N–C) groups is 1. The van der Waals surface area contributed by atoms with Crippen molar-refractivity contribution in [1.82, 2.24) is 14.2 Å². The highest BCUT2D eigenvalue weighted by molar-refractivity contribution is 7.92. The molecule has 0 amide bonds. The lowest BCUT2D eigenvalue weighted by molar-refractivity contribution is 0.260. The minimum Gasteiger partial charge on any atom is -0.376 e. The topological polar surface area (TPSA) is 124 Å². The first-order chi connectivity index (χ1) is 20.8. The van der Waals surface area contributed by atoms with Crippen molar-refractivity contribution in [2.45, 2.75) is 56.1 Å². The Morgan fingerprint density at radius 2 is 1.56 bits per heavy atom. The van der Waals surface area contributed by atoms with Crippen LogP contribution in [0.1, 0.15) is 46.0 Å². The number of nitrogens with one attached hydrogen (secondary N) is 2. The van der Waals surface area contributed by atoms with E-state index in [9.17, 15) is 16.8 Å². The van der Waals surface area contributed by atoms with E-state index in [1.807, 2.05) is 32.0 Å². The molecule has 0 unspecified atom stereocenters. The molecule has 0 bridgehead atoms. The van der Waals surface area contributed by atoms with Gasteiger partial charge < -0.3 is 10.2 Å². The highest BCUT2D eigenvalue weighted by Gasteiger charge is 2.35. The number of hydrogen-bond acceptors (Lipinski definition) is 8. The molecule has 2 N–H and O–H groups in total. The highest BCUT2D eigenvalue weighted by atomic mass is 32.2. The third-order valence-corrected chi connectivity index (χ3v) is 11.8. The van der Waals surface area contributed by atoms with Gasteiger partial charge in [-0.05, 0) is 48.7 Å². The molecule has 1 saturated heterocycles. The van der Waals surface area contributed by atoms with Gasteiger partial charge in [-0.1, -0.05) is 57.4 Å². The number of pyridine rings is 1. The SMILES string of the molecule is CC.O=S(=O)(Nc1cncc(-c2ccc3c(c2)N=C(N2CCN(S(=O)(=O)C4CCCCC4)CC2)CN3)c1)c1ccccc1. The zero-order valence-electron chi connectivity index (χ0n) is 24.7. The van der Waals surface area contributed by atoms with Crippen molar-refractivity contribution < 1.29 is 16.8 Å². The molecular formula is C31H40N6O4S2. The number of rotatable bonds is 6. The first kappa shape index (κ1) is 31.0. The monoisotopic (exact) mass is 624 g/mol. The molecule has 3 aliphatic rings. The fourth-order valence-electron chi connectivity index (χ4n) is 5.73. The average Bonchev–Trinajstić information content (AvgIpc) is 3.06. The van der Waals surface area contributed by atoms with Gasteiger partial charge in [-0.15, -0.1) is 0 Å². The molecule has 12 heteroatoms. The Hall–Kier alpha value is -3.48. The maximum absolute atomic E-state index is 13.2. The number of hydrogen-bond donors (Lipinski definition) is 2. The second kappa shape index (κ2) is 13.4. The average molecular weight is 625 g/mol. The van der Waals surface area contributed by atoms with E-state index in [0.717, 1.165) is 60.4 Å². The predicted molar refractivity (Wildman–Crippen MR) is 173 cm³/mol. The maximum Gasteiger partial charge on any atom is 0.261 e. The van der Waals surface area contributed by atoms with E-state index < -0.39 is 20.0 Å². The number of sulfonamides is 2. The quantitative estimate of drug-likeness (QED) is 0.381. The molecule has 2 aromatic carbocycles. The van der Waals surface area contributed by atoms with Crippen LogP contribution in [0.2, 0.25) is 0 Å². The smallest absolute Gasteiger partial charge is 0.261 e. The molecule has 1 aliphatic carbocycles. The summed E-state index contributed by atoms with van der Waals surface area (Å²) in [5.74, 6) is 0.881. The summed E-state index contributed by atoms with van der Waals surface area (Å²) in [5, 5.41) is 3.20. The summed E-state index contributed by atoms with van der Waals surface area (Å²) >= 11 is 0. The molecule has 43 heavy (non-hydrogen) atoms. The molecule has 230 valence electrons. The van der Waals surface area contributed by atoms with Crippen molar-refractivity contribution in [2.75, 3.05) is 42.8 Å². The van der Waals surface area contributed by atoms with Crippen LogP contribution in [0.5, 0.6) is 0 Å². The van der Waals surface area contributed by atoms with Gasteiger partial charge in [0, 0.05) is 37.9 Å². The van der Waals surface area contributed by atoms with Crippen LogP contribution < -0.4 is 10.0 Å². The number of piperazine rings is 1. The lowest BCUT2D eigenvalue weighted by atomic mass is 10.0. The Bertz CT molecular complexity index is 1650. The van der Waals surface area contributed by atoms with Crippen molar-refractivity contribution in [3.8, 4) is 11.1 Å². The second-order valence-corrected chi connectivity index (χ2v) is 14.6. The van der Waals surface area contributed by atoms with Gasteiger partial charge >= 0.3 is 0 Å². The largest absolute Gasteiger partial charge is 0.376 e. The molecule has 0 spiro atoms. The Balaban J connectivity index is 0.00000180. The Labute approximate surface area is 255 Å². The van der Waals surface area contributed by atoms with Crippen LogP contribution >= 0.6 is 0 Å². The van der Waals surface area contributed by atoms with E-state index in [0.29, 0.717) is 38.4 Å². The van der Waals surface area contributed by atoms with Gasteiger partial charge in [-0.2, -0.15) is 4.31 Å². The van der Waals surface area contributed by atoms with Gasteiger partial charge in [0.2, 0.25) is 10.0 Å². The number of fused-ring (bicyclic) bond motifs is 1. The van der Waals surface area contributed by atoms with Gasteiger partial charge in [0.25, 0.3) is 10.0 Å². The number of nitrogens with zero attached hydrogens (tertiary/aromatic N) is 4. The summed E-state index contributed by atoms with van der Waals surface area (Å²) in [4.78, 5) is 11.5. The normalized spacial score (nSPS) is 18.0. The van der Waals surface area contributed by atoms with Crippen LogP contribution in [0.25, 0.3) is 11.1 Å². The Kier molecular flexibility index (Phi) is 9.68. The van der Waals surface area contributed by atoms with E-state index in [1.165, 1.54) is 6.20 Å².